The molecule has 5 heteroatoms. The molecule has 0 unspecified atom stereocenters. The summed E-state index contributed by atoms with van der Waals surface area (Å²) in [7, 11) is 0. The normalized spacial score (nSPS) is 15.1. The minimum atomic E-state index is -0.948. The summed E-state index contributed by atoms with van der Waals surface area (Å²) in [5.41, 5.74) is 2.90. The number of benzene rings is 1. The molecule has 0 radical (unpaired) electrons. The number of fused-ring (bicyclic) bond motifs is 1. The number of nitrogens with one attached hydrogen (secondary N) is 1. The zero-order valence-electron chi connectivity index (χ0n) is 12.4. The van der Waals surface area contributed by atoms with Gasteiger partial charge in [0.2, 0.25) is 0 Å². The van der Waals surface area contributed by atoms with E-state index in [0.29, 0.717) is 12.6 Å². The number of terminal acetylenes is 1. The van der Waals surface area contributed by atoms with Crippen molar-refractivity contribution in [3.05, 3.63) is 35.4 Å². The zero-order chi connectivity index (χ0) is 16.4. The quantitative estimate of drug-likeness (QED) is 0.702. The van der Waals surface area contributed by atoms with Crippen LogP contribution in [-0.2, 0) is 16.0 Å². The fourth-order valence-electron chi connectivity index (χ4n) is 2.34. The molecule has 0 amide bonds. The molecule has 0 aliphatic heterocycles. The molecule has 1 aliphatic carbocycles. The Morgan fingerprint density at radius 2 is 1.86 bits per heavy atom. The molecule has 0 fully saturated rings. The number of hydrogen-bond acceptors (Lipinski definition) is 3. The lowest BCUT2D eigenvalue weighted by Crippen LogP contribution is -2.19. The van der Waals surface area contributed by atoms with Crippen LogP contribution in [0.15, 0.2) is 24.3 Å². The van der Waals surface area contributed by atoms with Gasteiger partial charge in [0, 0.05) is 18.9 Å². The van der Waals surface area contributed by atoms with Gasteiger partial charge in [-0.2, -0.15) is 0 Å². The van der Waals surface area contributed by atoms with Crippen LogP contribution in [0.3, 0.4) is 0 Å². The Morgan fingerprint density at radius 3 is 2.45 bits per heavy atom. The van der Waals surface area contributed by atoms with Crippen LogP contribution in [0.4, 0.5) is 0 Å². The van der Waals surface area contributed by atoms with Crippen molar-refractivity contribution >= 4 is 11.9 Å². The minimum absolute atomic E-state index is 0.0632. The molecule has 1 aliphatic rings. The van der Waals surface area contributed by atoms with Crippen molar-refractivity contribution in [2.24, 2.45) is 0 Å². The van der Waals surface area contributed by atoms with Crippen LogP contribution in [-0.4, -0.2) is 28.7 Å². The third kappa shape index (κ3) is 6.42. The van der Waals surface area contributed by atoms with Crippen LogP contribution >= 0.6 is 0 Å². The van der Waals surface area contributed by atoms with E-state index < -0.39 is 11.9 Å². The summed E-state index contributed by atoms with van der Waals surface area (Å²) < 4.78 is 0. The van der Waals surface area contributed by atoms with Crippen LogP contribution in [0.1, 0.15) is 42.9 Å². The van der Waals surface area contributed by atoms with Gasteiger partial charge >= 0.3 is 11.9 Å². The second-order valence-electron chi connectivity index (χ2n) is 5.02. The average molecular weight is 303 g/mol. The van der Waals surface area contributed by atoms with Crippen LogP contribution < -0.4 is 5.32 Å². The summed E-state index contributed by atoms with van der Waals surface area (Å²) in [6.45, 7) is 0.666. The molecule has 1 aromatic rings. The maximum absolute atomic E-state index is 9.79. The molecule has 1 atom stereocenters. The van der Waals surface area contributed by atoms with Crippen molar-refractivity contribution in [3.8, 4) is 12.3 Å². The lowest BCUT2D eigenvalue weighted by molar-refractivity contribution is -0.138. The largest absolute Gasteiger partial charge is 0.481 e. The van der Waals surface area contributed by atoms with Crippen molar-refractivity contribution < 1.29 is 19.8 Å². The number of carboxylic acid groups (broad SMARTS) is 2. The predicted octanol–water partition coefficient (Wildman–Crippen LogP) is 2.22. The number of aryl methyl sites for hydroxylation is 1. The van der Waals surface area contributed by atoms with E-state index in [4.69, 9.17) is 16.6 Å². The Hall–Kier alpha value is -2.32. The molecule has 0 saturated heterocycles. The van der Waals surface area contributed by atoms with Crippen LogP contribution in [0.25, 0.3) is 0 Å². The first kappa shape index (κ1) is 17.7. The molecule has 2 rings (SSSR count). The van der Waals surface area contributed by atoms with Crippen LogP contribution in [0, 0.1) is 12.3 Å². The molecular formula is C17H21NO4. The minimum Gasteiger partial charge on any atom is -0.481 e. The molecule has 0 spiro atoms. The fraction of sp³-hybridized carbons (Fsp3) is 0.412. The Labute approximate surface area is 130 Å². The lowest BCUT2D eigenvalue weighted by Gasteiger charge is -2.10. The average Bonchev–Trinajstić information content (AvgIpc) is 2.88. The second kappa shape index (κ2) is 9.59. The van der Waals surface area contributed by atoms with Gasteiger partial charge in [0.05, 0.1) is 6.54 Å². The Morgan fingerprint density at radius 1 is 1.23 bits per heavy atom. The van der Waals surface area contributed by atoms with Crippen LogP contribution in [0.5, 0.6) is 0 Å². The molecule has 22 heavy (non-hydrogen) atoms. The topological polar surface area (TPSA) is 86.6 Å². The summed E-state index contributed by atoms with van der Waals surface area (Å²) in [4.78, 5) is 19.6. The monoisotopic (exact) mass is 303 g/mol. The van der Waals surface area contributed by atoms with Gasteiger partial charge in [0.25, 0.3) is 0 Å². The van der Waals surface area contributed by atoms with Crippen molar-refractivity contribution in [2.75, 3.05) is 6.54 Å². The molecule has 3 N–H and O–H groups in total. The SMILES string of the molecule is C#CCN[C@@H]1CCc2ccccc21.O=C(O)CCCC(=O)O. The van der Waals surface area contributed by atoms with Crippen molar-refractivity contribution in [3.63, 3.8) is 0 Å². The van der Waals surface area contributed by atoms with E-state index in [1.54, 1.807) is 0 Å². The van der Waals surface area contributed by atoms with E-state index in [-0.39, 0.29) is 19.3 Å². The van der Waals surface area contributed by atoms with E-state index in [0.717, 1.165) is 0 Å². The van der Waals surface area contributed by atoms with Gasteiger partial charge in [-0.3, -0.25) is 14.9 Å². The van der Waals surface area contributed by atoms with Crippen molar-refractivity contribution in [1.29, 1.82) is 0 Å². The smallest absolute Gasteiger partial charge is 0.303 e. The lowest BCUT2D eigenvalue weighted by atomic mass is 10.1. The standard InChI is InChI=1S/C12H13N.C5H8O4/c1-2-9-13-12-8-7-10-5-3-4-6-11(10)12;6-4(7)2-1-3-5(8)9/h1,3-6,12-13H,7-9H2;1-3H2,(H,6,7)(H,8,9)/t12-;/m1./s1. The second-order valence-corrected chi connectivity index (χ2v) is 5.02. The van der Waals surface area contributed by atoms with E-state index in [2.05, 4.69) is 35.5 Å². The van der Waals surface area contributed by atoms with E-state index in [9.17, 15) is 9.59 Å². The molecule has 0 saturated carbocycles. The maximum Gasteiger partial charge on any atom is 0.303 e. The molecule has 5 nitrogen and oxygen atoms in total. The highest BCUT2D eigenvalue weighted by molar-refractivity contribution is 5.69. The highest BCUT2D eigenvalue weighted by Crippen LogP contribution is 2.30. The number of aliphatic carboxylic acids is 2. The highest BCUT2D eigenvalue weighted by Gasteiger charge is 2.20. The highest BCUT2D eigenvalue weighted by atomic mass is 16.4. The fourth-order valence-corrected chi connectivity index (χ4v) is 2.34. The number of carboxylic acids is 2. The predicted molar refractivity (Wildman–Crippen MR) is 83.5 cm³/mol. The first-order valence-electron chi connectivity index (χ1n) is 7.22. The van der Waals surface area contributed by atoms with E-state index in [1.807, 2.05) is 0 Å². The summed E-state index contributed by atoms with van der Waals surface area (Å²) in [5, 5.41) is 19.4. The molecular weight excluding hydrogens is 282 g/mol. The molecule has 1 aromatic carbocycles. The molecule has 0 bridgehead atoms. The Bertz CT molecular complexity index is 534. The van der Waals surface area contributed by atoms with Gasteiger partial charge in [-0.05, 0) is 30.4 Å². The Balaban J connectivity index is 0.000000239. The number of rotatable bonds is 6. The van der Waals surface area contributed by atoms with Gasteiger partial charge in [-0.25, -0.2) is 0 Å². The van der Waals surface area contributed by atoms with Gasteiger partial charge in [0.1, 0.15) is 0 Å². The summed E-state index contributed by atoms with van der Waals surface area (Å²) in [6, 6.07) is 9.06. The van der Waals surface area contributed by atoms with Gasteiger partial charge in [-0.15, -0.1) is 6.42 Å². The number of hydrogen-bond donors (Lipinski definition) is 3. The van der Waals surface area contributed by atoms with Gasteiger partial charge in [0.15, 0.2) is 0 Å². The molecule has 0 aromatic heterocycles. The third-order valence-corrected chi connectivity index (χ3v) is 3.36. The van der Waals surface area contributed by atoms with Crippen molar-refractivity contribution in [1.82, 2.24) is 5.32 Å². The van der Waals surface area contributed by atoms with Crippen LogP contribution in [0.2, 0.25) is 0 Å². The molecule has 118 valence electrons. The van der Waals surface area contributed by atoms with Gasteiger partial charge < -0.3 is 10.2 Å². The summed E-state index contributed by atoms with van der Waals surface area (Å²) >= 11 is 0. The van der Waals surface area contributed by atoms with Crippen molar-refractivity contribution in [2.45, 2.75) is 38.1 Å². The summed E-state index contributed by atoms with van der Waals surface area (Å²) in [6.07, 6.45) is 7.66. The summed E-state index contributed by atoms with van der Waals surface area (Å²) in [5.74, 6) is 0.718. The van der Waals surface area contributed by atoms with E-state index in [1.165, 1.54) is 24.0 Å². The first-order valence-corrected chi connectivity index (χ1v) is 7.22. The third-order valence-electron chi connectivity index (χ3n) is 3.36. The zero-order valence-corrected chi connectivity index (χ0v) is 12.4. The first-order chi connectivity index (χ1) is 10.5. The van der Waals surface area contributed by atoms with Gasteiger partial charge in [-0.1, -0.05) is 30.2 Å². The number of carbonyl (C=O) groups is 2. The Kier molecular flexibility index (Phi) is 7.73. The van der Waals surface area contributed by atoms with E-state index >= 15 is 0 Å². The maximum atomic E-state index is 9.79. The molecule has 0 heterocycles.